The molecule has 5 aromatic carbocycles. The van der Waals surface area contributed by atoms with Crippen LogP contribution in [0.1, 0.15) is 63.5 Å². The van der Waals surface area contributed by atoms with Crippen molar-refractivity contribution >= 4 is 50.4 Å². The predicted octanol–water partition coefficient (Wildman–Crippen LogP) is 13.9. The number of hydrogen-bond donors (Lipinski definition) is 0. The molecule has 0 aliphatic heterocycles. The molecule has 291 valence electrons. The molecule has 3 nitrogen and oxygen atoms in total. The molecule has 5 heteroatoms. The summed E-state index contributed by atoms with van der Waals surface area (Å²) in [5, 5.41) is 4.71. The Bertz CT molecular complexity index is 2610. The van der Waals surface area contributed by atoms with Gasteiger partial charge in [-0.05, 0) is 46.2 Å². The van der Waals surface area contributed by atoms with E-state index in [1.165, 1.54) is 59.6 Å². The molecule has 8 aromatic rings. The summed E-state index contributed by atoms with van der Waals surface area (Å²) in [6.07, 6.45) is 10.9. The van der Waals surface area contributed by atoms with Crippen LogP contribution in [0, 0.1) is 24.0 Å². The van der Waals surface area contributed by atoms with E-state index in [9.17, 15) is 0 Å². The van der Waals surface area contributed by atoms with Crippen molar-refractivity contribution in [2.24, 2.45) is 11.8 Å². The Morgan fingerprint density at radius 3 is 2.26 bits per heavy atom. The third-order valence-electron chi connectivity index (χ3n) is 11.9. The first kappa shape index (κ1) is 40.8. The quantitative estimate of drug-likeness (QED) is 0.112. The van der Waals surface area contributed by atoms with Crippen molar-refractivity contribution in [1.29, 1.82) is 0 Å². The summed E-state index contributed by atoms with van der Waals surface area (Å²) >= 11 is -1.93. The number of pyridine rings is 2. The Kier molecular flexibility index (Phi) is 12.6. The van der Waals surface area contributed by atoms with Gasteiger partial charge in [-0.25, -0.2) is 0 Å². The van der Waals surface area contributed by atoms with Crippen LogP contribution in [0.15, 0.2) is 132 Å². The molecule has 1 atom stereocenters. The number of benzene rings is 5. The standard InChI is InChI=1S/C28H24NO.C24H28GeN.Ir/c1-18(2)19(3)21-13-14-29-26(16-21)23-9-11-24-25-15-22(20-7-5-4-6-8-20)10-12-27(25)30-28(24)17-23;1-25(2,3)23-17-26-24(16-20(23)15-18-9-4-5-10-18)22-14-8-12-19-11-6-7-13-21(19)22;/h4-8,10-19H,1-3H3;6-8,11-13,16-18H,4-5,9-10,15H2,1-3H3;/q2*-1;. The van der Waals surface area contributed by atoms with Gasteiger partial charge in [0, 0.05) is 26.3 Å². The zero-order valence-electron chi connectivity index (χ0n) is 34.0. The fourth-order valence-electron chi connectivity index (χ4n) is 8.31. The molecule has 57 heavy (non-hydrogen) atoms. The second-order valence-electron chi connectivity index (χ2n) is 17.1. The van der Waals surface area contributed by atoms with Crippen LogP contribution in [-0.4, -0.2) is 23.2 Å². The minimum absolute atomic E-state index is 0. The molecule has 0 saturated heterocycles. The van der Waals surface area contributed by atoms with Gasteiger partial charge in [0.25, 0.3) is 0 Å². The number of rotatable bonds is 8. The molecule has 1 radical (unpaired) electrons. The summed E-state index contributed by atoms with van der Waals surface area (Å²) in [4.78, 5) is 9.51. The van der Waals surface area contributed by atoms with E-state index < -0.39 is 13.3 Å². The largest absolute Gasteiger partial charge is 0 e. The Morgan fingerprint density at radius 1 is 0.719 bits per heavy atom. The van der Waals surface area contributed by atoms with Gasteiger partial charge < -0.3 is 9.40 Å². The van der Waals surface area contributed by atoms with Crippen LogP contribution in [0.4, 0.5) is 0 Å². The zero-order chi connectivity index (χ0) is 38.8. The molecule has 0 N–H and O–H groups in total. The second kappa shape index (κ2) is 17.6. The van der Waals surface area contributed by atoms with Gasteiger partial charge >= 0.3 is 160 Å². The van der Waals surface area contributed by atoms with Crippen molar-refractivity contribution in [2.75, 3.05) is 0 Å². The van der Waals surface area contributed by atoms with E-state index in [-0.39, 0.29) is 20.1 Å². The number of nitrogens with zero attached hydrogens (tertiary/aromatic N) is 2. The number of furan rings is 1. The molecule has 9 rings (SSSR count). The third kappa shape index (κ3) is 9.05. The fraction of sp³-hybridized carbons (Fsp3) is 0.269. The van der Waals surface area contributed by atoms with Crippen LogP contribution in [0.3, 0.4) is 0 Å². The van der Waals surface area contributed by atoms with E-state index in [2.05, 4.69) is 158 Å². The van der Waals surface area contributed by atoms with E-state index in [1.807, 2.05) is 24.4 Å². The smallest absolute Gasteiger partial charge is 0 e. The van der Waals surface area contributed by atoms with E-state index in [0.29, 0.717) is 11.8 Å². The van der Waals surface area contributed by atoms with Crippen molar-refractivity contribution in [3.8, 4) is 33.6 Å². The molecule has 1 aliphatic carbocycles. The monoisotopic (exact) mass is 987 g/mol. The molecule has 0 spiro atoms. The average molecular weight is 986 g/mol. The molecule has 3 heterocycles. The van der Waals surface area contributed by atoms with Crippen LogP contribution in [-0.2, 0) is 26.5 Å². The SMILES string of the molecule is CC(C)C(C)c1ccnc(-c2[c-]cc3c(c2)oc2ccc(-c4ccccc4)cc23)c1.[CH3][Ge]([CH3])([CH3])[c]1cnc(-c2[c-]ccc3ccccc23)cc1CC1CCCC1.[Ir]. The van der Waals surface area contributed by atoms with E-state index in [0.717, 1.165) is 50.4 Å². The predicted molar refractivity (Wildman–Crippen MR) is 239 cm³/mol. The molecule has 3 aromatic heterocycles. The van der Waals surface area contributed by atoms with E-state index in [1.54, 1.807) is 9.96 Å². The van der Waals surface area contributed by atoms with Gasteiger partial charge in [0.2, 0.25) is 0 Å². The first-order valence-electron chi connectivity index (χ1n) is 20.4. The average Bonchev–Trinajstić information content (AvgIpc) is 3.87. The molecule has 1 fully saturated rings. The normalized spacial score (nSPS) is 13.8. The third-order valence-corrected chi connectivity index (χ3v) is 16.2. The maximum Gasteiger partial charge on any atom is 0 e. The zero-order valence-corrected chi connectivity index (χ0v) is 38.5. The summed E-state index contributed by atoms with van der Waals surface area (Å²) in [5.74, 6) is 9.39. The topological polar surface area (TPSA) is 38.9 Å². The van der Waals surface area contributed by atoms with Crippen molar-refractivity contribution < 1.29 is 24.5 Å². The van der Waals surface area contributed by atoms with E-state index >= 15 is 0 Å². The Hall–Kier alpha value is -4.35. The molecule has 0 amide bonds. The van der Waals surface area contributed by atoms with Gasteiger partial charge in [0.1, 0.15) is 5.58 Å². The Labute approximate surface area is 355 Å². The van der Waals surface area contributed by atoms with Gasteiger partial charge in [-0.15, -0.1) is 17.7 Å². The van der Waals surface area contributed by atoms with Gasteiger partial charge in [0.05, 0.1) is 5.58 Å². The summed E-state index contributed by atoms with van der Waals surface area (Å²) in [7, 11) is 0. The van der Waals surface area contributed by atoms with Gasteiger partial charge in [0.15, 0.2) is 0 Å². The van der Waals surface area contributed by atoms with Gasteiger partial charge in [-0.2, -0.15) is 0 Å². The van der Waals surface area contributed by atoms with Crippen molar-refractivity contribution in [1.82, 2.24) is 9.97 Å². The minimum Gasteiger partial charge on any atom is 0 e. The van der Waals surface area contributed by atoms with Crippen LogP contribution < -0.4 is 4.40 Å². The molecule has 1 aliphatic rings. The number of hydrogen-bond acceptors (Lipinski definition) is 3. The van der Waals surface area contributed by atoms with Crippen molar-refractivity contribution in [2.45, 2.75) is 76.1 Å². The summed E-state index contributed by atoms with van der Waals surface area (Å²) in [5.41, 5.74) is 11.2. The number of aromatic nitrogens is 2. The molecular formula is C52H52GeIrN2O-2. The van der Waals surface area contributed by atoms with Crippen LogP contribution >= 0.6 is 0 Å². The summed E-state index contributed by atoms with van der Waals surface area (Å²) in [6.45, 7) is 6.77. The van der Waals surface area contributed by atoms with Crippen molar-refractivity contribution in [3.63, 3.8) is 0 Å². The first-order chi connectivity index (χ1) is 27.1. The molecule has 1 unspecified atom stereocenters. The Morgan fingerprint density at radius 2 is 1.49 bits per heavy atom. The molecule has 0 bridgehead atoms. The van der Waals surface area contributed by atoms with Crippen LogP contribution in [0.25, 0.3) is 66.4 Å². The van der Waals surface area contributed by atoms with Gasteiger partial charge in [-0.3, -0.25) is 0 Å². The summed E-state index contributed by atoms with van der Waals surface area (Å²) in [6, 6.07) is 47.2. The maximum atomic E-state index is 6.17. The van der Waals surface area contributed by atoms with E-state index in [4.69, 9.17) is 9.40 Å². The number of fused-ring (bicyclic) bond motifs is 4. The fourth-order valence-corrected chi connectivity index (χ4v) is 11.6. The molecule has 1 saturated carbocycles. The van der Waals surface area contributed by atoms with Crippen molar-refractivity contribution in [3.05, 3.63) is 151 Å². The van der Waals surface area contributed by atoms with Gasteiger partial charge in [-0.1, -0.05) is 86.3 Å². The van der Waals surface area contributed by atoms with Crippen LogP contribution in [0.5, 0.6) is 0 Å². The summed E-state index contributed by atoms with van der Waals surface area (Å²) < 4.78 is 7.76. The van der Waals surface area contributed by atoms with Crippen LogP contribution in [0.2, 0.25) is 17.3 Å². The second-order valence-corrected chi connectivity index (χ2v) is 27.7. The molecular weight excluding hydrogens is 933 g/mol. The first-order valence-corrected chi connectivity index (χ1v) is 27.8. The minimum atomic E-state index is -1.93. The Balaban J connectivity index is 0.000000173. The maximum absolute atomic E-state index is 6.17.